The van der Waals surface area contributed by atoms with E-state index < -0.39 is 0 Å². The van der Waals surface area contributed by atoms with E-state index in [4.69, 9.17) is 16.9 Å². The predicted octanol–water partition coefficient (Wildman–Crippen LogP) is 3.17. The minimum absolute atomic E-state index is 0.0656. The molecule has 0 spiro atoms. The standard InChI is InChI=1S/C12H14ClN/c1-2-10-3-5-11(6-4-10)7-12(8-13)9-14/h3-6,12H,2,7-8H2,1H3. The van der Waals surface area contributed by atoms with Gasteiger partial charge in [-0.1, -0.05) is 31.2 Å². The number of nitriles is 1. The molecule has 0 bridgehead atoms. The molecular formula is C12H14ClN. The van der Waals surface area contributed by atoms with Crippen LogP contribution in [-0.4, -0.2) is 5.88 Å². The summed E-state index contributed by atoms with van der Waals surface area (Å²) in [4.78, 5) is 0. The van der Waals surface area contributed by atoms with Crippen LogP contribution in [0.5, 0.6) is 0 Å². The van der Waals surface area contributed by atoms with Gasteiger partial charge in [-0.3, -0.25) is 0 Å². The maximum atomic E-state index is 8.75. The van der Waals surface area contributed by atoms with Gasteiger partial charge in [0, 0.05) is 5.88 Å². The van der Waals surface area contributed by atoms with Crippen molar-refractivity contribution in [2.75, 3.05) is 5.88 Å². The summed E-state index contributed by atoms with van der Waals surface area (Å²) < 4.78 is 0. The Labute approximate surface area is 90.3 Å². The molecule has 0 saturated heterocycles. The van der Waals surface area contributed by atoms with E-state index in [0.717, 1.165) is 12.8 Å². The number of rotatable bonds is 4. The zero-order valence-corrected chi connectivity index (χ0v) is 9.09. The molecule has 0 N–H and O–H groups in total. The normalized spacial score (nSPS) is 12.1. The van der Waals surface area contributed by atoms with E-state index in [-0.39, 0.29) is 5.92 Å². The monoisotopic (exact) mass is 207 g/mol. The second-order valence-corrected chi connectivity index (χ2v) is 3.66. The first-order chi connectivity index (χ1) is 6.80. The Morgan fingerprint density at radius 3 is 2.29 bits per heavy atom. The molecule has 1 nitrogen and oxygen atoms in total. The van der Waals surface area contributed by atoms with Crippen molar-refractivity contribution < 1.29 is 0 Å². The third-order valence-electron chi connectivity index (χ3n) is 2.28. The summed E-state index contributed by atoms with van der Waals surface area (Å²) in [5.74, 6) is 0.343. The van der Waals surface area contributed by atoms with Gasteiger partial charge in [0.25, 0.3) is 0 Å². The molecule has 1 aromatic carbocycles. The summed E-state index contributed by atoms with van der Waals surface area (Å²) in [5.41, 5.74) is 2.52. The van der Waals surface area contributed by atoms with E-state index in [9.17, 15) is 0 Å². The fourth-order valence-corrected chi connectivity index (χ4v) is 1.51. The smallest absolute Gasteiger partial charge is 0.0671 e. The highest BCUT2D eigenvalue weighted by Crippen LogP contribution is 2.11. The van der Waals surface area contributed by atoms with E-state index in [1.807, 2.05) is 0 Å². The predicted molar refractivity (Wildman–Crippen MR) is 59.3 cm³/mol. The molecule has 2 heteroatoms. The molecule has 1 unspecified atom stereocenters. The number of aryl methyl sites for hydroxylation is 1. The van der Waals surface area contributed by atoms with Crippen LogP contribution in [0.4, 0.5) is 0 Å². The Morgan fingerprint density at radius 1 is 1.29 bits per heavy atom. The van der Waals surface area contributed by atoms with Crippen molar-refractivity contribution >= 4 is 11.6 Å². The van der Waals surface area contributed by atoms with E-state index in [1.165, 1.54) is 11.1 Å². The Morgan fingerprint density at radius 2 is 1.86 bits per heavy atom. The second kappa shape index (κ2) is 5.67. The van der Waals surface area contributed by atoms with Gasteiger partial charge in [-0.2, -0.15) is 5.26 Å². The first-order valence-corrected chi connectivity index (χ1v) is 5.37. The first kappa shape index (κ1) is 11.1. The van der Waals surface area contributed by atoms with E-state index >= 15 is 0 Å². The molecule has 0 saturated carbocycles. The zero-order chi connectivity index (χ0) is 10.4. The van der Waals surface area contributed by atoms with Crippen LogP contribution >= 0.6 is 11.6 Å². The first-order valence-electron chi connectivity index (χ1n) is 4.83. The lowest BCUT2D eigenvalue weighted by atomic mass is 10.0. The van der Waals surface area contributed by atoms with E-state index in [1.54, 1.807) is 0 Å². The van der Waals surface area contributed by atoms with Gasteiger partial charge in [-0.05, 0) is 24.0 Å². The third kappa shape index (κ3) is 3.05. The highest BCUT2D eigenvalue weighted by atomic mass is 35.5. The lowest BCUT2D eigenvalue weighted by Gasteiger charge is -2.05. The molecular weight excluding hydrogens is 194 g/mol. The molecule has 0 amide bonds. The minimum atomic E-state index is -0.0656. The van der Waals surface area contributed by atoms with Crippen LogP contribution in [0.2, 0.25) is 0 Å². The number of hydrogen-bond donors (Lipinski definition) is 0. The molecule has 1 aromatic rings. The molecule has 1 atom stereocenters. The molecule has 1 rings (SSSR count). The van der Waals surface area contributed by atoms with Gasteiger partial charge in [0.2, 0.25) is 0 Å². The maximum absolute atomic E-state index is 8.75. The van der Waals surface area contributed by atoms with Crippen molar-refractivity contribution in [2.45, 2.75) is 19.8 Å². The average molecular weight is 208 g/mol. The molecule has 0 aromatic heterocycles. The molecule has 74 valence electrons. The minimum Gasteiger partial charge on any atom is -0.198 e. The number of hydrogen-bond acceptors (Lipinski definition) is 1. The Balaban J connectivity index is 2.64. The van der Waals surface area contributed by atoms with Crippen molar-refractivity contribution in [3.8, 4) is 6.07 Å². The highest BCUT2D eigenvalue weighted by Gasteiger charge is 2.06. The maximum Gasteiger partial charge on any atom is 0.0671 e. The summed E-state index contributed by atoms with van der Waals surface area (Å²) in [6.45, 7) is 2.13. The second-order valence-electron chi connectivity index (χ2n) is 3.35. The highest BCUT2D eigenvalue weighted by molar-refractivity contribution is 6.18. The number of alkyl halides is 1. The molecule has 14 heavy (non-hydrogen) atoms. The molecule has 0 heterocycles. The van der Waals surface area contributed by atoms with Crippen LogP contribution in [0, 0.1) is 17.2 Å². The van der Waals surface area contributed by atoms with E-state index in [0.29, 0.717) is 5.88 Å². The van der Waals surface area contributed by atoms with Crippen LogP contribution in [0.15, 0.2) is 24.3 Å². The lowest BCUT2D eigenvalue weighted by molar-refractivity contribution is 0.746. The van der Waals surface area contributed by atoms with Gasteiger partial charge in [-0.25, -0.2) is 0 Å². The Hall–Kier alpha value is -1.00. The number of nitrogens with zero attached hydrogens (tertiary/aromatic N) is 1. The van der Waals surface area contributed by atoms with Crippen molar-refractivity contribution in [1.82, 2.24) is 0 Å². The lowest BCUT2D eigenvalue weighted by Crippen LogP contribution is -2.03. The van der Waals surface area contributed by atoms with Gasteiger partial charge in [0.05, 0.1) is 12.0 Å². The van der Waals surface area contributed by atoms with Gasteiger partial charge >= 0.3 is 0 Å². The quantitative estimate of drug-likeness (QED) is 0.696. The van der Waals surface area contributed by atoms with Crippen LogP contribution in [0.25, 0.3) is 0 Å². The fourth-order valence-electron chi connectivity index (χ4n) is 1.33. The Kier molecular flexibility index (Phi) is 4.49. The third-order valence-corrected chi connectivity index (χ3v) is 2.65. The molecule has 0 aliphatic rings. The zero-order valence-electron chi connectivity index (χ0n) is 8.33. The Bertz CT molecular complexity index is 310. The summed E-state index contributed by atoms with van der Waals surface area (Å²) in [7, 11) is 0. The van der Waals surface area contributed by atoms with Gasteiger partial charge in [0.1, 0.15) is 0 Å². The van der Waals surface area contributed by atoms with Crippen LogP contribution in [0.3, 0.4) is 0 Å². The topological polar surface area (TPSA) is 23.8 Å². The van der Waals surface area contributed by atoms with Crippen molar-refractivity contribution in [3.63, 3.8) is 0 Å². The number of benzene rings is 1. The fraction of sp³-hybridized carbons (Fsp3) is 0.417. The van der Waals surface area contributed by atoms with Gasteiger partial charge in [-0.15, -0.1) is 11.6 Å². The van der Waals surface area contributed by atoms with Crippen LogP contribution in [0.1, 0.15) is 18.1 Å². The summed E-state index contributed by atoms with van der Waals surface area (Å²) in [6, 6.07) is 10.6. The van der Waals surface area contributed by atoms with E-state index in [2.05, 4.69) is 37.3 Å². The SMILES string of the molecule is CCc1ccc(CC(C#N)CCl)cc1. The average Bonchev–Trinajstić information content (AvgIpc) is 2.26. The van der Waals surface area contributed by atoms with Crippen LogP contribution < -0.4 is 0 Å². The summed E-state index contributed by atoms with van der Waals surface area (Å²) in [5, 5.41) is 8.75. The molecule has 0 fully saturated rings. The van der Waals surface area contributed by atoms with Gasteiger partial charge < -0.3 is 0 Å². The summed E-state index contributed by atoms with van der Waals surface area (Å²) >= 11 is 5.65. The largest absolute Gasteiger partial charge is 0.198 e. The summed E-state index contributed by atoms with van der Waals surface area (Å²) in [6.07, 6.45) is 1.81. The molecule has 0 aliphatic heterocycles. The van der Waals surface area contributed by atoms with Crippen LogP contribution in [-0.2, 0) is 12.8 Å². The van der Waals surface area contributed by atoms with Crippen molar-refractivity contribution in [1.29, 1.82) is 5.26 Å². The van der Waals surface area contributed by atoms with Crippen molar-refractivity contribution in [2.24, 2.45) is 5.92 Å². The van der Waals surface area contributed by atoms with Gasteiger partial charge in [0.15, 0.2) is 0 Å². The van der Waals surface area contributed by atoms with Crippen molar-refractivity contribution in [3.05, 3.63) is 35.4 Å². The molecule has 0 radical (unpaired) electrons. The number of halogens is 1. The molecule has 0 aliphatic carbocycles.